The Morgan fingerprint density at radius 2 is 1.89 bits per heavy atom. The van der Waals surface area contributed by atoms with Crippen molar-refractivity contribution in [2.24, 2.45) is 16.4 Å². The van der Waals surface area contributed by atoms with Crippen LogP contribution in [0.1, 0.15) is 24.3 Å². The summed E-state index contributed by atoms with van der Waals surface area (Å²) in [6.07, 6.45) is 6.90. The van der Waals surface area contributed by atoms with Gasteiger partial charge < -0.3 is 0 Å². The van der Waals surface area contributed by atoms with E-state index in [0.29, 0.717) is 17.8 Å². The van der Waals surface area contributed by atoms with Crippen LogP contribution < -0.4 is 0 Å². The van der Waals surface area contributed by atoms with Crippen LogP contribution in [0.25, 0.3) is 10.4 Å². The maximum atomic E-state index is 11.6. The average Bonchev–Trinajstić information content (AvgIpc) is 3.01. The minimum absolute atomic E-state index is 0.0488. The number of sulfonamides is 1. The zero-order valence-corrected chi connectivity index (χ0v) is 11.0. The molecule has 1 aromatic rings. The van der Waals surface area contributed by atoms with Gasteiger partial charge in [0.05, 0.1) is 4.90 Å². The van der Waals surface area contributed by atoms with Gasteiger partial charge in [-0.05, 0) is 53.8 Å². The summed E-state index contributed by atoms with van der Waals surface area (Å²) in [5.74, 6) is 1.76. The van der Waals surface area contributed by atoms with Gasteiger partial charge in [0, 0.05) is 9.43 Å². The summed E-state index contributed by atoms with van der Waals surface area (Å²) < 4.78 is 26.0. The van der Waals surface area contributed by atoms with E-state index in [2.05, 4.69) is 21.6 Å². The molecule has 0 aliphatic heterocycles. The van der Waals surface area contributed by atoms with Crippen LogP contribution in [0.15, 0.2) is 45.8 Å². The van der Waals surface area contributed by atoms with Gasteiger partial charge in [-0.2, -0.15) is 0 Å². The molecule has 0 aromatic heterocycles. The Hall–Kier alpha value is -1.78. The Morgan fingerprint density at radius 3 is 2.42 bits per heavy atom. The zero-order chi connectivity index (χ0) is 13.5. The molecule has 19 heavy (non-hydrogen) atoms. The normalized spacial score (nSPS) is 28.3. The number of rotatable bonds is 3. The second-order valence-electron chi connectivity index (χ2n) is 5.10. The number of allylic oxidation sites excluding steroid dienone is 2. The third-order valence-corrected chi connectivity index (χ3v) is 5.18. The van der Waals surface area contributed by atoms with E-state index in [1.54, 1.807) is 0 Å². The van der Waals surface area contributed by atoms with Crippen LogP contribution in [0.3, 0.4) is 0 Å². The van der Waals surface area contributed by atoms with Gasteiger partial charge in [0.25, 0.3) is 10.0 Å². The topological polar surface area (TPSA) is 82.9 Å². The Bertz CT molecular complexity index is 672. The first-order valence-corrected chi connectivity index (χ1v) is 7.64. The Labute approximate surface area is 111 Å². The van der Waals surface area contributed by atoms with Crippen molar-refractivity contribution in [1.29, 1.82) is 0 Å². The van der Waals surface area contributed by atoms with Gasteiger partial charge in [-0.1, -0.05) is 24.3 Å². The number of hydrogen-bond donors (Lipinski definition) is 0. The molecule has 2 bridgehead atoms. The summed E-state index contributed by atoms with van der Waals surface area (Å²) in [5.41, 5.74) is 9.40. The SMILES string of the molecule is [N-]=[N+]=NS(=O)(=O)c1ccc([C@@H]2C[C@@H]3C=C[C@H]2C3)cc1. The highest BCUT2D eigenvalue weighted by molar-refractivity contribution is 7.90. The van der Waals surface area contributed by atoms with Crippen LogP contribution in [0.4, 0.5) is 0 Å². The molecule has 2 aliphatic carbocycles. The van der Waals surface area contributed by atoms with Crippen molar-refractivity contribution in [1.82, 2.24) is 0 Å². The van der Waals surface area contributed by atoms with Gasteiger partial charge in [-0.15, -0.1) is 0 Å². The minimum atomic E-state index is -3.87. The van der Waals surface area contributed by atoms with Gasteiger partial charge in [0.15, 0.2) is 0 Å². The minimum Gasteiger partial charge on any atom is -0.216 e. The fourth-order valence-corrected chi connectivity index (χ4v) is 3.82. The van der Waals surface area contributed by atoms with Crippen molar-refractivity contribution in [3.05, 3.63) is 52.4 Å². The van der Waals surface area contributed by atoms with E-state index in [1.807, 2.05) is 12.1 Å². The number of hydrogen-bond acceptors (Lipinski definition) is 2. The quantitative estimate of drug-likeness (QED) is 0.366. The maximum Gasteiger partial charge on any atom is 0.264 e. The summed E-state index contributed by atoms with van der Waals surface area (Å²) in [6, 6.07) is 6.71. The molecule has 1 aromatic carbocycles. The lowest BCUT2D eigenvalue weighted by atomic mass is 9.87. The van der Waals surface area contributed by atoms with Crippen LogP contribution in [-0.4, -0.2) is 8.42 Å². The molecule has 0 N–H and O–H groups in total. The largest absolute Gasteiger partial charge is 0.264 e. The zero-order valence-electron chi connectivity index (χ0n) is 10.2. The summed E-state index contributed by atoms with van der Waals surface area (Å²) in [5, 5.41) is 0. The lowest BCUT2D eigenvalue weighted by Crippen LogP contribution is -2.05. The summed E-state index contributed by atoms with van der Waals surface area (Å²) in [4.78, 5) is 2.39. The van der Waals surface area contributed by atoms with E-state index in [-0.39, 0.29) is 4.90 Å². The van der Waals surface area contributed by atoms with Crippen molar-refractivity contribution in [3.8, 4) is 0 Å². The average molecular weight is 275 g/mol. The molecule has 5 nitrogen and oxygen atoms in total. The Morgan fingerprint density at radius 1 is 1.16 bits per heavy atom. The monoisotopic (exact) mass is 275 g/mol. The van der Waals surface area contributed by atoms with Crippen LogP contribution in [0, 0.1) is 11.8 Å². The molecule has 2 aliphatic rings. The fraction of sp³-hybridized carbons (Fsp3) is 0.385. The van der Waals surface area contributed by atoms with Crippen molar-refractivity contribution in [3.63, 3.8) is 0 Å². The molecule has 0 amide bonds. The van der Waals surface area contributed by atoms with Gasteiger partial charge in [-0.25, -0.2) is 8.42 Å². The molecule has 0 unspecified atom stereocenters. The molecule has 3 rings (SSSR count). The molecule has 6 heteroatoms. The summed E-state index contributed by atoms with van der Waals surface area (Å²) in [6.45, 7) is 0. The van der Waals surface area contributed by atoms with Gasteiger partial charge >= 0.3 is 0 Å². The smallest absolute Gasteiger partial charge is 0.216 e. The van der Waals surface area contributed by atoms with Crippen molar-refractivity contribution in [2.75, 3.05) is 0 Å². The highest BCUT2D eigenvalue weighted by atomic mass is 32.2. The van der Waals surface area contributed by atoms with Crippen LogP contribution >= 0.6 is 0 Å². The van der Waals surface area contributed by atoms with Crippen molar-refractivity contribution in [2.45, 2.75) is 23.7 Å². The number of azide groups is 1. The van der Waals surface area contributed by atoms with E-state index < -0.39 is 10.0 Å². The summed E-state index contributed by atoms with van der Waals surface area (Å²) >= 11 is 0. The molecule has 0 saturated heterocycles. The lowest BCUT2D eigenvalue weighted by Gasteiger charge is -2.18. The molecule has 0 spiro atoms. The van der Waals surface area contributed by atoms with Crippen LogP contribution in [0.5, 0.6) is 0 Å². The third kappa shape index (κ3) is 2.13. The fourth-order valence-electron chi connectivity index (χ4n) is 3.15. The molecule has 1 saturated carbocycles. The second-order valence-corrected chi connectivity index (χ2v) is 6.69. The van der Waals surface area contributed by atoms with Gasteiger partial charge in [-0.3, -0.25) is 0 Å². The van der Waals surface area contributed by atoms with E-state index in [4.69, 9.17) is 5.53 Å². The first-order valence-electron chi connectivity index (χ1n) is 6.20. The first-order chi connectivity index (χ1) is 9.10. The van der Waals surface area contributed by atoms with Gasteiger partial charge in [0.1, 0.15) is 0 Å². The Balaban J connectivity index is 1.88. The number of nitrogens with zero attached hydrogens (tertiary/aromatic N) is 3. The van der Waals surface area contributed by atoms with Crippen LogP contribution in [-0.2, 0) is 10.0 Å². The predicted molar refractivity (Wildman–Crippen MR) is 70.9 cm³/mol. The van der Waals surface area contributed by atoms with E-state index in [1.165, 1.54) is 18.6 Å². The molecule has 0 heterocycles. The first kappa shape index (κ1) is 12.3. The molecular formula is C13H13N3O2S. The molecule has 3 atom stereocenters. The van der Waals surface area contributed by atoms with E-state index >= 15 is 0 Å². The van der Waals surface area contributed by atoms with Crippen molar-refractivity contribution < 1.29 is 8.42 Å². The maximum absolute atomic E-state index is 11.6. The van der Waals surface area contributed by atoms with E-state index in [9.17, 15) is 8.42 Å². The molecule has 1 fully saturated rings. The number of fused-ring (bicyclic) bond motifs is 2. The molecule has 98 valence electrons. The van der Waals surface area contributed by atoms with Gasteiger partial charge in [0.2, 0.25) is 0 Å². The number of benzene rings is 1. The summed E-state index contributed by atoms with van der Waals surface area (Å²) in [7, 11) is -3.87. The predicted octanol–water partition coefficient (Wildman–Crippen LogP) is 3.37. The third-order valence-electron chi connectivity index (χ3n) is 4.03. The van der Waals surface area contributed by atoms with Crippen molar-refractivity contribution >= 4 is 10.0 Å². The second kappa shape index (κ2) is 4.40. The Kier molecular flexibility index (Phi) is 2.84. The lowest BCUT2D eigenvalue weighted by molar-refractivity contribution is 0.584. The van der Waals surface area contributed by atoms with Crippen LogP contribution in [0.2, 0.25) is 0 Å². The highest BCUT2D eigenvalue weighted by Crippen LogP contribution is 2.48. The highest BCUT2D eigenvalue weighted by Gasteiger charge is 2.36. The molecule has 0 radical (unpaired) electrons. The standard InChI is InChI=1S/C13H13N3O2S/c14-15-16-19(17,18)12-5-3-10(4-6-12)13-8-9-1-2-11(13)7-9/h1-6,9,11,13H,7-8H2/t9-,11+,13+/m1/s1. The van der Waals surface area contributed by atoms with E-state index in [0.717, 1.165) is 12.0 Å². The molecular weight excluding hydrogens is 262 g/mol.